The van der Waals surface area contributed by atoms with Crippen LogP contribution < -0.4 is 4.74 Å². The minimum Gasteiger partial charge on any atom is -0.497 e. The van der Waals surface area contributed by atoms with Crippen molar-refractivity contribution in [2.75, 3.05) is 12.9 Å². The zero-order valence-corrected chi connectivity index (χ0v) is 12.5. The van der Waals surface area contributed by atoms with Crippen molar-refractivity contribution in [1.82, 2.24) is 0 Å². The summed E-state index contributed by atoms with van der Waals surface area (Å²) in [6.07, 6.45) is 5.42. The molecule has 0 bridgehead atoms. The highest BCUT2D eigenvalue weighted by molar-refractivity contribution is 8.00. The predicted molar refractivity (Wildman–Crippen MR) is 81.2 cm³/mol. The van der Waals surface area contributed by atoms with Gasteiger partial charge in [0, 0.05) is 5.56 Å². The molecule has 0 amide bonds. The molecule has 0 spiro atoms. The van der Waals surface area contributed by atoms with Crippen molar-refractivity contribution >= 4 is 17.5 Å². The van der Waals surface area contributed by atoms with Gasteiger partial charge < -0.3 is 4.74 Å². The normalized spacial score (nSPS) is 17.4. The summed E-state index contributed by atoms with van der Waals surface area (Å²) in [6.45, 7) is 2.02. The zero-order valence-electron chi connectivity index (χ0n) is 11.7. The Labute approximate surface area is 119 Å². The maximum absolute atomic E-state index is 12.3. The van der Waals surface area contributed by atoms with Gasteiger partial charge in [0.1, 0.15) is 5.75 Å². The van der Waals surface area contributed by atoms with E-state index in [9.17, 15) is 4.79 Å². The summed E-state index contributed by atoms with van der Waals surface area (Å²) in [7, 11) is 1.64. The van der Waals surface area contributed by atoms with E-state index in [0.29, 0.717) is 0 Å². The molecule has 1 saturated carbocycles. The zero-order chi connectivity index (χ0) is 13.7. The average Bonchev–Trinajstić information content (AvgIpc) is 2.97. The molecule has 0 aliphatic heterocycles. The number of Topliss-reactive ketones (excluding diaryl/α,β-unsaturated/α-hetero) is 1. The predicted octanol–water partition coefficient (Wildman–Crippen LogP) is 4.19. The number of thioether (sulfide) groups is 1. The minimum absolute atomic E-state index is 0.0500. The maximum Gasteiger partial charge on any atom is 0.175 e. The summed E-state index contributed by atoms with van der Waals surface area (Å²) in [5.74, 6) is 2.98. The average molecular weight is 278 g/mol. The second-order valence-corrected chi connectivity index (χ2v) is 6.59. The third kappa shape index (κ3) is 4.00. The molecule has 104 valence electrons. The van der Waals surface area contributed by atoms with Crippen LogP contribution in [0.15, 0.2) is 24.3 Å². The molecule has 1 fully saturated rings. The Balaban J connectivity index is 1.86. The number of ether oxygens (including phenoxy) is 1. The van der Waals surface area contributed by atoms with Crippen LogP contribution in [0.3, 0.4) is 0 Å². The molecule has 1 aromatic carbocycles. The molecule has 1 aliphatic carbocycles. The Bertz CT molecular complexity index is 407. The quantitative estimate of drug-likeness (QED) is 0.730. The first-order chi connectivity index (χ1) is 9.20. The summed E-state index contributed by atoms with van der Waals surface area (Å²) in [4.78, 5) is 12.3. The summed E-state index contributed by atoms with van der Waals surface area (Å²) in [5, 5.41) is 0.0500. The Morgan fingerprint density at radius 3 is 2.53 bits per heavy atom. The highest BCUT2D eigenvalue weighted by Gasteiger charge is 2.20. The van der Waals surface area contributed by atoms with Crippen molar-refractivity contribution < 1.29 is 9.53 Å². The first-order valence-electron chi connectivity index (χ1n) is 7.00. The van der Waals surface area contributed by atoms with Crippen LogP contribution in [-0.4, -0.2) is 23.9 Å². The van der Waals surface area contributed by atoms with Crippen LogP contribution in [0.1, 0.15) is 43.0 Å². The number of benzene rings is 1. The lowest BCUT2D eigenvalue weighted by Gasteiger charge is -2.14. The highest BCUT2D eigenvalue weighted by Crippen LogP contribution is 2.30. The van der Waals surface area contributed by atoms with Crippen molar-refractivity contribution in [3.63, 3.8) is 0 Å². The molecule has 2 nitrogen and oxygen atoms in total. The molecule has 0 radical (unpaired) electrons. The van der Waals surface area contributed by atoms with Gasteiger partial charge in [-0.3, -0.25) is 4.79 Å². The van der Waals surface area contributed by atoms with Gasteiger partial charge in [0.25, 0.3) is 0 Å². The van der Waals surface area contributed by atoms with Crippen LogP contribution >= 0.6 is 11.8 Å². The third-order valence-electron chi connectivity index (χ3n) is 3.80. The van der Waals surface area contributed by atoms with Gasteiger partial charge >= 0.3 is 0 Å². The number of ketones is 1. The van der Waals surface area contributed by atoms with Gasteiger partial charge in [0.15, 0.2) is 5.78 Å². The van der Waals surface area contributed by atoms with Crippen molar-refractivity contribution in [2.24, 2.45) is 5.92 Å². The van der Waals surface area contributed by atoms with Crippen LogP contribution in [0, 0.1) is 5.92 Å². The molecular formula is C16H22O2S. The van der Waals surface area contributed by atoms with E-state index in [2.05, 4.69) is 0 Å². The van der Waals surface area contributed by atoms with Crippen LogP contribution in [-0.2, 0) is 0 Å². The van der Waals surface area contributed by atoms with Gasteiger partial charge in [0.05, 0.1) is 12.4 Å². The number of rotatable bonds is 6. The van der Waals surface area contributed by atoms with Crippen molar-refractivity contribution in [1.29, 1.82) is 0 Å². The van der Waals surface area contributed by atoms with Crippen LogP contribution in [0.4, 0.5) is 0 Å². The van der Waals surface area contributed by atoms with Crippen LogP contribution in [0.2, 0.25) is 0 Å². The fraction of sp³-hybridized carbons (Fsp3) is 0.562. The topological polar surface area (TPSA) is 26.3 Å². The lowest BCUT2D eigenvalue weighted by molar-refractivity contribution is 0.0994. The molecular weight excluding hydrogens is 256 g/mol. The highest BCUT2D eigenvalue weighted by atomic mass is 32.2. The van der Waals surface area contributed by atoms with Gasteiger partial charge in [-0.15, -0.1) is 0 Å². The Kier molecular flexibility index (Phi) is 5.32. The van der Waals surface area contributed by atoms with Gasteiger partial charge in [-0.05, 0) is 55.7 Å². The molecule has 0 heterocycles. The standard InChI is InChI=1S/C16H22O2S/c1-12(19-11-13-5-3-4-6-13)16(17)14-7-9-15(18-2)10-8-14/h7-10,12-13H,3-6,11H2,1-2H3. The van der Waals surface area contributed by atoms with E-state index < -0.39 is 0 Å². The summed E-state index contributed by atoms with van der Waals surface area (Å²) < 4.78 is 5.11. The first-order valence-corrected chi connectivity index (χ1v) is 8.05. The first kappa shape index (κ1) is 14.4. The number of carbonyl (C=O) groups excluding carboxylic acids is 1. The number of methoxy groups -OCH3 is 1. The summed E-state index contributed by atoms with van der Waals surface area (Å²) in [6, 6.07) is 7.41. The monoisotopic (exact) mass is 278 g/mol. The Morgan fingerprint density at radius 1 is 1.32 bits per heavy atom. The van der Waals surface area contributed by atoms with Gasteiger partial charge in [0.2, 0.25) is 0 Å². The van der Waals surface area contributed by atoms with E-state index in [1.54, 1.807) is 18.9 Å². The largest absolute Gasteiger partial charge is 0.497 e. The van der Waals surface area contributed by atoms with E-state index in [0.717, 1.165) is 23.0 Å². The third-order valence-corrected chi connectivity index (χ3v) is 5.18. The fourth-order valence-electron chi connectivity index (χ4n) is 2.52. The molecule has 0 N–H and O–H groups in total. The molecule has 1 unspecified atom stereocenters. The van der Waals surface area contributed by atoms with E-state index in [1.165, 1.54) is 25.7 Å². The van der Waals surface area contributed by atoms with Crippen LogP contribution in [0.5, 0.6) is 5.75 Å². The molecule has 2 rings (SSSR count). The van der Waals surface area contributed by atoms with Crippen LogP contribution in [0.25, 0.3) is 0 Å². The maximum atomic E-state index is 12.3. The number of carbonyl (C=O) groups is 1. The minimum atomic E-state index is 0.0500. The van der Waals surface area contributed by atoms with E-state index in [1.807, 2.05) is 31.2 Å². The molecule has 0 aromatic heterocycles. The van der Waals surface area contributed by atoms with Crippen molar-refractivity contribution in [3.05, 3.63) is 29.8 Å². The molecule has 1 aromatic rings. The second-order valence-electron chi connectivity index (χ2n) is 5.22. The van der Waals surface area contributed by atoms with Gasteiger partial charge in [-0.2, -0.15) is 11.8 Å². The Hall–Kier alpha value is -0.960. The molecule has 3 heteroatoms. The number of hydrogen-bond donors (Lipinski definition) is 0. The number of hydrogen-bond acceptors (Lipinski definition) is 3. The molecule has 0 saturated heterocycles. The fourth-order valence-corrected chi connectivity index (χ4v) is 3.70. The Morgan fingerprint density at radius 2 is 1.95 bits per heavy atom. The van der Waals surface area contributed by atoms with Crippen molar-refractivity contribution in [3.8, 4) is 5.75 Å². The summed E-state index contributed by atoms with van der Waals surface area (Å²) in [5.41, 5.74) is 0.784. The molecule has 1 atom stereocenters. The SMILES string of the molecule is COc1ccc(C(=O)C(C)SCC2CCCC2)cc1. The van der Waals surface area contributed by atoms with Crippen molar-refractivity contribution in [2.45, 2.75) is 37.9 Å². The smallest absolute Gasteiger partial charge is 0.175 e. The lowest BCUT2D eigenvalue weighted by atomic mass is 10.1. The van der Waals surface area contributed by atoms with Gasteiger partial charge in [-0.1, -0.05) is 12.8 Å². The van der Waals surface area contributed by atoms with E-state index in [4.69, 9.17) is 4.74 Å². The van der Waals surface area contributed by atoms with E-state index in [-0.39, 0.29) is 11.0 Å². The summed E-state index contributed by atoms with van der Waals surface area (Å²) >= 11 is 1.81. The van der Waals surface area contributed by atoms with Gasteiger partial charge in [-0.25, -0.2) is 0 Å². The van der Waals surface area contributed by atoms with E-state index >= 15 is 0 Å². The second kappa shape index (κ2) is 6.99. The lowest BCUT2D eigenvalue weighted by Crippen LogP contribution is -2.15. The molecule has 19 heavy (non-hydrogen) atoms. The molecule has 1 aliphatic rings.